The first-order chi connectivity index (χ1) is 10.6. The lowest BCUT2D eigenvalue weighted by Gasteiger charge is -2.06. The van der Waals surface area contributed by atoms with Crippen molar-refractivity contribution in [2.45, 2.75) is 12.8 Å². The van der Waals surface area contributed by atoms with Crippen LogP contribution in [0.3, 0.4) is 0 Å². The second kappa shape index (κ2) is 5.85. The minimum Gasteiger partial charge on any atom is -0.408 e. The van der Waals surface area contributed by atoms with Crippen molar-refractivity contribution in [3.05, 3.63) is 64.4 Å². The molecule has 6 heteroatoms. The Bertz CT molecular complexity index is 882. The van der Waals surface area contributed by atoms with Crippen LogP contribution in [0.2, 0.25) is 0 Å². The van der Waals surface area contributed by atoms with E-state index in [9.17, 15) is 14.0 Å². The maximum atomic E-state index is 13.5. The molecule has 0 spiro atoms. The molecule has 0 fully saturated rings. The van der Waals surface area contributed by atoms with Gasteiger partial charge in [-0.3, -0.25) is 9.78 Å². The Morgan fingerprint density at radius 1 is 1.23 bits per heavy atom. The number of hydrogen-bond donors (Lipinski definition) is 2. The maximum Gasteiger partial charge on any atom is 0.417 e. The summed E-state index contributed by atoms with van der Waals surface area (Å²) in [6, 6.07) is 11.2. The Morgan fingerprint density at radius 2 is 2.05 bits per heavy atom. The van der Waals surface area contributed by atoms with E-state index in [0.29, 0.717) is 28.8 Å². The standard InChI is InChI=1S/C16H13FN2O3/c17-12-4-2-1-3-10(12)5-8-15(20)18-11-6-7-14-13(9-11)19-16(21)22-14/h1-4,6-7,9H,5,8H2,(H,18,20)(H,19,21). The van der Waals surface area contributed by atoms with Gasteiger partial charge in [0.05, 0.1) is 5.52 Å². The first-order valence-corrected chi connectivity index (χ1v) is 6.78. The second-order valence-corrected chi connectivity index (χ2v) is 4.87. The highest BCUT2D eigenvalue weighted by Gasteiger charge is 2.08. The maximum absolute atomic E-state index is 13.5. The third-order valence-corrected chi connectivity index (χ3v) is 3.28. The first-order valence-electron chi connectivity index (χ1n) is 6.78. The lowest BCUT2D eigenvalue weighted by molar-refractivity contribution is -0.116. The summed E-state index contributed by atoms with van der Waals surface area (Å²) in [4.78, 5) is 25.5. The van der Waals surface area contributed by atoms with Crippen molar-refractivity contribution >= 4 is 22.7 Å². The number of H-pyrrole nitrogens is 1. The predicted octanol–water partition coefficient (Wildman–Crippen LogP) is 2.83. The molecular weight excluding hydrogens is 287 g/mol. The van der Waals surface area contributed by atoms with Gasteiger partial charge in [-0.2, -0.15) is 0 Å². The van der Waals surface area contributed by atoms with Crippen LogP contribution in [-0.2, 0) is 11.2 Å². The van der Waals surface area contributed by atoms with E-state index >= 15 is 0 Å². The zero-order chi connectivity index (χ0) is 15.5. The fourth-order valence-electron chi connectivity index (χ4n) is 2.20. The molecule has 22 heavy (non-hydrogen) atoms. The number of oxazole rings is 1. The number of carbonyl (C=O) groups is 1. The molecule has 2 aromatic carbocycles. The summed E-state index contributed by atoms with van der Waals surface area (Å²) >= 11 is 0. The Morgan fingerprint density at radius 3 is 2.86 bits per heavy atom. The van der Waals surface area contributed by atoms with E-state index in [4.69, 9.17) is 4.42 Å². The van der Waals surface area contributed by atoms with E-state index in [0.717, 1.165) is 0 Å². The van der Waals surface area contributed by atoms with Gasteiger partial charge in [0.2, 0.25) is 5.91 Å². The molecule has 1 aromatic heterocycles. The molecule has 3 rings (SSSR count). The Kier molecular flexibility index (Phi) is 3.74. The number of amides is 1. The molecule has 2 N–H and O–H groups in total. The first kappa shape index (κ1) is 14.1. The molecule has 3 aromatic rings. The number of nitrogens with one attached hydrogen (secondary N) is 2. The van der Waals surface area contributed by atoms with Crippen LogP contribution < -0.4 is 11.1 Å². The number of carbonyl (C=O) groups excluding carboxylic acids is 1. The molecule has 0 aliphatic heterocycles. The van der Waals surface area contributed by atoms with Gasteiger partial charge in [-0.05, 0) is 36.2 Å². The number of aromatic amines is 1. The number of benzene rings is 2. The highest BCUT2D eigenvalue weighted by atomic mass is 19.1. The third kappa shape index (κ3) is 3.06. The summed E-state index contributed by atoms with van der Waals surface area (Å²) in [5.74, 6) is -1.08. The van der Waals surface area contributed by atoms with Gasteiger partial charge in [0, 0.05) is 12.1 Å². The zero-order valence-electron chi connectivity index (χ0n) is 11.6. The molecule has 0 saturated heterocycles. The molecule has 0 radical (unpaired) electrons. The highest BCUT2D eigenvalue weighted by Crippen LogP contribution is 2.16. The van der Waals surface area contributed by atoms with Gasteiger partial charge in [0.25, 0.3) is 0 Å². The van der Waals surface area contributed by atoms with Gasteiger partial charge in [0.15, 0.2) is 5.58 Å². The fraction of sp³-hybridized carbons (Fsp3) is 0.125. The van der Waals surface area contributed by atoms with Crippen LogP contribution in [-0.4, -0.2) is 10.9 Å². The van der Waals surface area contributed by atoms with Gasteiger partial charge in [-0.1, -0.05) is 18.2 Å². The van der Waals surface area contributed by atoms with Crippen molar-refractivity contribution in [2.24, 2.45) is 0 Å². The molecule has 0 aliphatic carbocycles. The SMILES string of the molecule is O=C(CCc1ccccc1F)Nc1ccc2oc(=O)[nH]c2c1. The summed E-state index contributed by atoms with van der Waals surface area (Å²) in [5, 5.41) is 2.71. The van der Waals surface area contributed by atoms with E-state index < -0.39 is 5.76 Å². The average Bonchev–Trinajstić information content (AvgIpc) is 2.86. The summed E-state index contributed by atoms with van der Waals surface area (Å²) in [6.45, 7) is 0. The summed E-state index contributed by atoms with van der Waals surface area (Å²) < 4.78 is 18.3. The molecule has 1 heterocycles. The summed E-state index contributed by atoms with van der Waals surface area (Å²) in [7, 11) is 0. The predicted molar refractivity (Wildman–Crippen MR) is 80.2 cm³/mol. The average molecular weight is 300 g/mol. The van der Waals surface area contributed by atoms with Gasteiger partial charge in [-0.25, -0.2) is 9.18 Å². The van der Waals surface area contributed by atoms with Gasteiger partial charge in [0.1, 0.15) is 5.82 Å². The number of rotatable bonds is 4. The van der Waals surface area contributed by atoms with Crippen LogP contribution in [0.15, 0.2) is 51.7 Å². The van der Waals surface area contributed by atoms with Crippen LogP contribution in [0.25, 0.3) is 11.1 Å². The van der Waals surface area contributed by atoms with Gasteiger partial charge >= 0.3 is 5.76 Å². The van der Waals surface area contributed by atoms with Crippen molar-refractivity contribution in [1.29, 1.82) is 0 Å². The molecule has 5 nitrogen and oxygen atoms in total. The monoisotopic (exact) mass is 300 g/mol. The molecule has 112 valence electrons. The second-order valence-electron chi connectivity index (χ2n) is 4.87. The van der Waals surface area contributed by atoms with Crippen LogP contribution in [0, 0.1) is 5.82 Å². The Hall–Kier alpha value is -2.89. The van der Waals surface area contributed by atoms with E-state index in [-0.39, 0.29) is 18.1 Å². The Labute approximate surface area is 124 Å². The molecule has 0 saturated carbocycles. The van der Waals surface area contributed by atoms with E-state index in [1.165, 1.54) is 6.07 Å². The number of aryl methyl sites for hydroxylation is 1. The van der Waals surface area contributed by atoms with Crippen molar-refractivity contribution in [3.63, 3.8) is 0 Å². The van der Waals surface area contributed by atoms with Crippen molar-refractivity contribution in [3.8, 4) is 0 Å². The number of anilines is 1. The Balaban J connectivity index is 1.65. The number of aromatic nitrogens is 1. The lowest BCUT2D eigenvalue weighted by atomic mass is 10.1. The van der Waals surface area contributed by atoms with Gasteiger partial charge in [-0.15, -0.1) is 0 Å². The molecule has 0 unspecified atom stereocenters. The third-order valence-electron chi connectivity index (χ3n) is 3.28. The van der Waals surface area contributed by atoms with Crippen LogP contribution in [0.5, 0.6) is 0 Å². The van der Waals surface area contributed by atoms with Crippen LogP contribution in [0.1, 0.15) is 12.0 Å². The smallest absolute Gasteiger partial charge is 0.408 e. The normalized spacial score (nSPS) is 10.8. The molecular formula is C16H13FN2O3. The fourth-order valence-corrected chi connectivity index (χ4v) is 2.20. The van der Waals surface area contributed by atoms with Crippen molar-refractivity contribution < 1.29 is 13.6 Å². The van der Waals surface area contributed by atoms with Crippen molar-refractivity contribution in [2.75, 3.05) is 5.32 Å². The quantitative estimate of drug-likeness (QED) is 0.778. The zero-order valence-corrected chi connectivity index (χ0v) is 11.6. The van der Waals surface area contributed by atoms with E-state index in [1.807, 2.05) is 0 Å². The van der Waals surface area contributed by atoms with Crippen LogP contribution in [0.4, 0.5) is 10.1 Å². The number of fused-ring (bicyclic) bond motifs is 1. The molecule has 0 atom stereocenters. The molecule has 0 bridgehead atoms. The minimum atomic E-state index is -0.543. The largest absolute Gasteiger partial charge is 0.417 e. The van der Waals surface area contributed by atoms with E-state index in [2.05, 4.69) is 10.3 Å². The van der Waals surface area contributed by atoms with Gasteiger partial charge < -0.3 is 9.73 Å². The molecule has 1 amide bonds. The van der Waals surface area contributed by atoms with Crippen LogP contribution >= 0.6 is 0 Å². The van der Waals surface area contributed by atoms with Crippen molar-refractivity contribution in [1.82, 2.24) is 4.98 Å². The summed E-state index contributed by atoms with van der Waals surface area (Å²) in [6.07, 6.45) is 0.490. The number of hydrogen-bond acceptors (Lipinski definition) is 3. The lowest BCUT2D eigenvalue weighted by Crippen LogP contribution is -2.12. The summed E-state index contributed by atoms with van der Waals surface area (Å²) in [5.41, 5.74) is 1.99. The number of halogens is 1. The molecule has 0 aliphatic rings. The van der Waals surface area contributed by atoms with E-state index in [1.54, 1.807) is 36.4 Å². The minimum absolute atomic E-state index is 0.168. The highest BCUT2D eigenvalue weighted by molar-refractivity contribution is 5.92. The topological polar surface area (TPSA) is 75.1 Å².